The minimum atomic E-state index is -0.0140. The van der Waals surface area contributed by atoms with Gasteiger partial charge in [0.1, 0.15) is 0 Å². The Morgan fingerprint density at radius 2 is 2.16 bits per heavy atom. The number of halogens is 1. The van der Waals surface area contributed by atoms with Gasteiger partial charge in [-0.05, 0) is 49.7 Å². The van der Waals surface area contributed by atoms with Crippen LogP contribution in [0.4, 0.5) is 5.69 Å². The van der Waals surface area contributed by atoms with Gasteiger partial charge in [-0.25, -0.2) is 0 Å². The summed E-state index contributed by atoms with van der Waals surface area (Å²) in [6.07, 6.45) is 3.40. The molecule has 2 aromatic rings. The Morgan fingerprint density at radius 1 is 1.37 bits per heavy atom. The van der Waals surface area contributed by atoms with E-state index < -0.39 is 0 Å². The molecule has 3 nitrogen and oxygen atoms in total. The van der Waals surface area contributed by atoms with Crippen LogP contribution in [0.25, 0.3) is 0 Å². The largest absolute Gasteiger partial charge is 0.307 e. The van der Waals surface area contributed by atoms with Crippen molar-refractivity contribution in [1.29, 1.82) is 0 Å². The van der Waals surface area contributed by atoms with Gasteiger partial charge in [-0.2, -0.15) is 0 Å². The lowest BCUT2D eigenvalue weighted by Gasteiger charge is -2.21. The number of amides is 1. The molecule has 0 atom stereocenters. The summed E-state index contributed by atoms with van der Waals surface area (Å²) in [4.78, 5) is 18.3. The smallest absolute Gasteiger partial charge is 0.258 e. The molecule has 4 heteroatoms. The Bertz CT molecular complexity index is 564. The Labute approximate surface area is 121 Å². The lowest BCUT2D eigenvalue weighted by Crippen LogP contribution is -2.30. The van der Waals surface area contributed by atoms with Crippen molar-refractivity contribution in [2.24, 2.45) is 0 Å². The minimum Gasteiger partial charge on any atom is -0.307 e. The highest BCUT2D eigenvalue weighted by molar-refractivity contribution is 9.10. The molecule has 1 amide bonds. The van der Waals surface area contributed by atoms with Crippen LogP contribution in [-0.2, 0) is 0 Å². The lowest BCUT2D eigenvalue weighted by atomic mass is 10.1. The molecule has 0 aliphatic carbocycles. The van der Waals surface area contributed by atoms with Gasteiger partial charge >= 0.3 is 0 Å². The van der Waals surface area contributed by atoms with Crippen molar-refractivity contribution < 1.29 is 4.79 Å². The minimum absolute atomic E-state index is 0.0140. The molecule has 0 saturated carbocycles. The number of pyridine rings is 1. The van der Waals surface area contributed by atoms with E-state index in [1.54, 1.807) is 17.3 Å². The maximum Gasteiger partial charge on any atom is 0.258 e. The number of nitrogens with zero attached hydrogens (tertiary/aromatic N) is 2. The van der Waals surface area contributed by atoms with Crippen LogP contribution in [0, 0.1) is 6.92 Å². The number of carbonyl (C=O) groups excluding carboxylic acids is 1. The molecule has 98 valence electrons. The fourth-order valence-electron chi connectivity index (χ4n) is 1.97. The first kappa shape index (κ1) is 13.7. The van der Waals surface area contributed by atoms with Crippen molar-refractivity contribution in [3.63, 3.8) is 0 Å². The molecule has 0 radical (unpaired) electrons. The third-order valence-corrected chi connectivity index (χ3v) is 3.27. The molecule has 1 heterocycles. The quantitative estimate of drug-likeness (QED) is 0.862. The van der Waals surface area contributed by atoms with E-state index in [2.05, 4.69) is 20.9 Å². The van der Waals surface area contributed by atoms with E-state index >= 15 is 0 Å². The van der Waals surface area contributed by atoms with Gasteiger partial charge in [0.25, 0.3) is 5.91 Å². The van der Waals surface area contributed by atoms with Crippen LogP contribution >= 0.6 is 15.9 Å². The molecule has 0 bridgehead atoms. The maximum absolute atomic E-state index is 12.6. The highest BCUT2D eigenvalue weighted by Gasteiger charge is 2.16. The van der Waals surface area contributed by atoms with Crippen molar-refractivity contribution in [3.8, 4) is 0 Å². The Hall–Kier alpha value is -1.68. The third kappa shape index (κ3) is 3.20. The summed E-state index contributed by atoms with van der Waals surface area (Å²) in [5, 5.41) is 0. The normalized spacial score (nSPS) is 10.3. The highest BCUT2D eigenvalue weighted by atomic mass is 79.9. The molecule has 0 unspecified atom stereocenters. The summed E-state index contributed by atoms with van der Waals surface area (Å²) < 4.78 is 0.915. The predicted octanol–water partition coefficient (Wildman–Crippen LogP) is 3.82. The van der Waals surface area contributed by atoms with Gasteiger partial charge < -0.3 is 4.90 Å². The first-order valence-corrected chi connectivity index (χ1v) is 6.90. The van der Waals surface area contributed by atoms with Crippen molar-refractivity contribution in [3.05, 3.63) is 58.3 Å². The second-order valence-electron chi connectivity index (χ2n) is 4.28. The summed E-state index contributed by atoms with van der Waals surface area (Å²) in [6.45, 7) is 4.54. The van der Waals surface area contributed by atoms with Crippen LogP contribution in [0.1, 0.15) is 22.8 Å². The second kappa shape index (κ2) is 5.97. The monoisotopic (exact) mass is 318 g/mol. The van der Waals surface area contributed by atoms with Crippen LogP contribution in [-0.4, -0.2) is 17.4 Å². The molecule has 0 aliphatic heterocycles. The number of hydrogen-bond donors (Lipinski definition) is 0. The van der Waals surface area contributed by atoms with Crippen molar-refractivity contribution in [1.82, 2.24) is 4.98 Å². The van der Waals surface area contributed by atoms with E-state index in [1.807, 2.05) is 44.2 Å². The van der Waals surface area contributed by atoms with Gasteiger partial charge in [-0.15, -0.1) is 0 Å². The van der Waals surface area contributed by atoms with E-state index in [4.69, 9.17) is 0 Å². The fraction of sp³-hybridized carbons (Fsp3) is 0.200. The average molecular weight is 319 g/mol. The zero-order valence-corrected chi connectivity index (χ0v) is 12.5. The van der Waals surface area contributed by atoms with Gasteiger partial charge in [-0.1, -0.05) is 15.9 Å². The SMILES string of the molecule is CCN(C(=O)c1cc(C)cc(Br)c1)c1cccnc1. The number of benzene rings is 1. The van der Waals surface area contributed by atoms with Crippen LogP contribution in [0.15, 0.2) is 47.2 Å². The Kier molecular flexibility index (Phi) is 4.32. The average Bonchev–Trinajstić information content (AvgIpc) is 2.39. The standard InChI is InChI=1S/C15H15BrN2O/c1-3-18(14-5-4-6-17-10-14)15(19)12-7-11(2)8-13(16)9-12/h4-10H,3H2,1-2H3. The number of rotatable bonds is 3. The summed E-state index contributed by atoms with van der Waals surface area (Å²) in [5.41, 5.74) is 2.55. The molecular formula is C15H15BrN2O. The molecule has 0 saturated heterocycles. The van der Waals surface area contributed by atoms with E-state index in [9.17, 15) is 4.79 Å². The van der Waals surface area contributed by atoms with Crippen LogP contribution in [0.2, 0.25) is 0 Å². The van der Waals surface area contributed by atoms with E-state index in [0.29, 0.717) is 12.1 Å². The summed E-state index contributed by atoms with van der Waals surface area (Å²) in [6, 6.07) is 9.44. The predicted molar refractivity (Wildman–Crippen MR) is 80.5 cm³/mol. The molecule has 0 fully saturated rings. The topological polar surface area (TPSA) is 33.2 Å². The van der Waals surface area contributed by atoms with E-state index in [0.717, 1.165) is 15.7 Å². The first-order chi connectivity index (χ1) is 9.11. The fourth-order valence-corrected chi connectivity index (χ4v) is 2.58. The number of anilines is 1. The van der Waals surface area contributed by atoms with Gasteiger partial charge in [0.15, 0.2) is 0 Å². The van der Waals surface area contributed by atoms with Crippen molar-refractivity contribution >= 4 is 27.5 Å². The molecule has 2 rings (SSSR count). The van der Waals surface area contributed by atoms with Crippen molar-refractivity contribution in [2.75, 3.05) is 11.4 Å². The number of aromatic nitrogens is 1. The molecule has 19 heavy (non-hydrogen) atoms. The van der Waals surface area contributed by atoms with Crippen LogP contribution in [0.5, 0.6) is 0 Å². The van der Waals surface area contributed by atoms with Crippen LogP contribution in [0.3, 0.4) is 0 Å². The lowest BCUT2D eigenvalue weighted by molar-refractivity contribution is 0.0988. The first-order valence-electron chi connectivity index (χ1n) is 6.11. The number of hydrogen-bond acceptors (Lipinski definition) is 2. The molecule has 1 aromatic carbocycles. The zero-order valence-electron chi connectivity index (χ0n) is 10.9. The Morgan fingerprint density at radius 3 is 2.74 bits per heavy atom. The number of carbonyl (C=O) groups is 1. The van der Waals surface area contributed by atoms with E-state index in [-0.39, 0.29) is 5.91 Å². The highest BCUT2D eigenvalue weighted by Crippen LogP contribution is 2.20. The molecule has 0 N–H and O–H groups in total. The van der Waals surface area contributed by atoms with Gasteiger partial charge in [0.05, 0.1) is 11.9 Å². The number of aryl methyl sites for hydroxylation is 1. The molecule has 0 spiro atoms. The van der Waals surface area contributed by atoms with E-state index in [1.165, 1.54) is 0 Å². The molecule has 1 aromatic heterocycles. The van der Waals surface area contributed by atoms with Crippen LogP contribution < -0.4 is 4.90 Å². The molecular weight excluding hydrogens is 304 g/mol. The van der Waals surface area contributed by atoms with Crippen molar-refractivity contribution in [2.45, 2.75) is 13.8 Å². The molecule has 0 aliphatic rings. The third-order valence-electron chi connectivity index (χ3n) is 2.81. The van der Waals surface area contributed by atoms with Gasteiger partial charge in [-0.3, -0.25) is 9.78 Å². The van der Waals surface area contributed by atoms with Gasteiger partial charge in [0.2, 0.25) is 0 Å². The zero-order chi connectivity index (χ0) is 13.8. The summed E-state index contributed by atoms with van der Waals surface area (Å²) >= 11 is 3.43. The second-order valence-corrected chi connectivity index (χ2v) is 5.19. The Balaban J connectivity index is 2.36. The summed E-state index contributed by atoms with van der Waals surface area (Å²) in [5.74, 6) is -0.0140. The maximum atomic E-state index is 12.6. The summed E-state index contributed by atoms with van der Waals surface area (Å²) in [7, 11) is 0. The van der Waals surface area contributed by atoms with Gasteiger partial charge in [0, 0.05) is 22.8 Å².